The van der Waals surface area contributed by atoms with E-state index in [0.29, 0.717) is 27.4 Å². The van der Waals surface area contributed by atoms with E-state index in [0.717, 1.165) is 15.8 Å². The Labute approximate surface area is 193 Å². The van der Waals surface area contributed by atoms with Crippen molar-refractivity contribution in [3.63, 3.8) is 0 Å². The first-order chi connectivity index (χ1) is 16.1. The molecule has 0 N–H and O–H groups in total. The summed E-state index contributed by atoms with van der Waals surface area (Å²) in [4.78, 5) is 33.1. The number of hydrogen-bond acceptors (Lipinski definition) is 6. The molecule has 0 spiro atoms. The lowest BCUT2D eigenvalue weighted by Crippen LogP contribution is -2.33. The topological polar surface area (TPSA) is 72.6 Å². The van der Waals surface area contributed by atoms with Crippen LogP contribution in [-0.2, 0) is 6.54 Å². The zero-order valence-electron chi connectivity index (χ0n) is 18.1. The SMILES string of the molecule is COc1ccc(C)c2sc(N(Cc3ccccc3)C(=O)c3coc4ccccc4c3=O)nc12. The molecular formula is C26H20N2O4S. The minimum atomic E-state index is -0.464. The Kier molecular flexibility index (Phi) is 5.40. The molecule has 0 unspecified atom stereocenters. The lowest BCUT2D eigenvalue weighted by atomic mass is 10.1. The van der Waals surface area contributed by atoms with Crippen LogP contribution in [-0.4, -0.2) is 18.0 Å². The molecule has 164 valence electrons. The quantitative estimate of drug-likeness (QED) is 0.346. The van der Waals surface area contributed by atoms with Crippen molar-refractivity contribution in [3.8, 4) is 5.75 Å². The van der Waals surface area contributed by atoms with Gasteiger partial charge in [0.15, 0.2) is 5.13 Å². The molecule has 0 fully saturated rings. The van der Waals surface area contributed by atoms with Crippen molar-refractivity contribution in [2.45, 2.75) is 13.5 Å². The molecule has 2 heterocycles. The Bertz CT molecular complexity index is 1540. The molecule has 2 aromatic heterocycles. The van der Waals surface area contributed by atoms with Gasteiger partial charge in [-0.15, -0.1) is 0 Å². The first-order valence-electron chi connectivity index (χ1n) is 10.4. The fourth-order valence-corrected chi connectivity index (χ4v) is 4.79. The van der Waals surface area contributed by atoms with Gasteiger partial charge in [-0.2, -0.15) is 0 Å². The molecule has 3 aromatic carbocycles. The van der Waals surface area contributed by atoms with Gasteiger partial charge in [-0.1, -0.05) is 59.9 Å². The van der Waals surface area contributed by atoms with Gasteiger partial charge >= 0.3 is 0 Å². The van der Waals surface area contributed by atoms with Crippen molar-refractivity contribution in [1.29, 1.82) is 0 Å². The van der Waals surface area contributed by atoms with Gasteiger partial charge < -0.3 is 9.15 Å². The molecule has 5 rings (SSSR count). The van der Waals surface area contributed by atoms with Crippen molar-refractivity contribution in [1.82, 2.24) is 4.98 Å². The maximum absolute atomic E-state index is 13.7. The number of benzene rings is 3. The third-order valence-electron chi connectivity index (χ3n) is 5.48. The monoisotopic (exact) mass is 456 g/mol. The summed E-state index contributed by atoms with van der Waals surface area (Å²) in [5.41, 5.74) is 2.68. The molecule has 0 aliphatic heterocycles. The minimum absolute atomic E-state index is 0.0347. The fourth-order valence-electron chi connectivity index (χ4n) is 3.74. The standard InChI is InChI=1S/C26H20N2O4S/c1-16-12-13-21(31-2)22-24(16)33-26(27-22)28(14-17-8-4-3-5-9-17)25(30)19-15-32-20-11-7-6-10-18(20)23(19)29/h3-13,15H,14H2,1-2H3. The highest BCUT2D eigenvalue weighted by Gasteiger charge is 2.26. The van der Waals surface area contributed by atoms with E-state index in [-0.39, 0.29) is 17.5 Å². The van der Waals surface area contributed by atoms with Crippen LogP contribution in [0.5, 0.6) is 5.75 Å². The fraction of sp³-hybridized carbons (Fsp3) is 0.115. The summed E-state index contributed by atoms with van der Waals surface area (Å²) in [6.45, 7) is 2.25. The highest BCUT2D eigenvalue weighted by molar-refractivity contribution is 7.22. The van der Waals surface area contributed by atoms with E-state index < -0.39 is 5.91 Å². The van der Waals surface area contributed by atoms with Gasteiger partial charge in [-0.05, 0) is 36.2 Å². The Hall–Kier alpha value is -3.97. The number of ether oxygens (including phenoxy) is 1. The zero-order chi connectivity index (χ0) is 22.9. The Morgan fingerprint density at radius 1 is 1.06 bits per heavy atom. The second-order valence-corrected chi connectivity index (χ2v) is 8.59. The third kappa shape index (κ3) is 3.76. The second kappa shape index (κ2) is 8.52. The average molecular weight is 457 g/mol. The largest absolute Gasteiger partial charge is 0.494 e. The van der Waals surface area contributed by atoms with Crippen LogP contribution in [0.4, 0.5) is 5.13 Å². The molecule has 33 heavy (non-hydrogen) atoms. The van der Waals surface area contributed by atoms with Gasteiger partial charge in [0, 0.05) is 0 Å². The lowest BCUT2D eigenvalue weighted by Gasteiger charge is -2.19. The van der Waals surface area contributed by atoms with E-state index in [1.807, 2.05) is 49.4 Å². The summed E-state index contributed by atoms with van der Waals surface area (Å²) in [6, 6.07) is 20.3. The molecule has 5 aromatic rings. The molecule has 0 aliphatic carbocycles. The van der Waals surface area contributed by atoms with E-state index in [1.165, 1.54) is 22.5 Å². The Morgan fingerprint density at radius 3 is 2.61 bits per heavy atom. The van der Waals surface area contributed by atoms with Crippen LogP contribution in [0.3, 0.4) is 0 Å². The smallest absolute Gasteiger partial charge is 0.267 e. The lowest BCUT2D eigenvalue weighted by molar-refractivity contribution is 0.0982. The van der Waals surface area contributed by atoms with Crippen molar-refractivity contribution in [3.05, 3.63) is 99.9 Å². The summed E-state index contributed by atoms with van der Waals surface area (Å²) < 4.78 is 12.0. The van der Waals surface area contributed by atoms with Crippen molar-refractivity contribution >= 4 is 43.6 Å². The molecule has 6 nitrogen and oxygen atoms in total. The number of aromatic nitrogens is 1. The van der Waals surface area contributed by atoms with E-state index in [4.69, 9.17) is 14.1 Å². The summed E-state index contributed by atoms with van der Waals surface area (Å²) in [5, 5.41) is 0.851. The van der Waals surface area contributed by atoms with Gasteiger partial charge in [0.1, 0.15) is 28.7 Å². The maximum atomic E-state index is 13.7. The van der Waals surface area contributed by atoms with E-state index in [2.05, 4.69) is 0 Å². The van der Waals surface area contributed by atoms with Crippen molar-refractivity contribution in [2.75, 3.05) is 12.0 Å². The zero-order valence-corrected chi connectivity index (χ0v) is 18.9. The van der Waals surface area contributed by atoms with Crippen LogP contribution in [0.25, 0.3) is 21.2 Å². The normalized spacial score (nSPS) is 11.1. The van der Waals surface area contributed by atoms with Gasteiger partial charge in [0.2, 0.25) is 5.43 Å². The van der Waals surface area contributed by atoms with Gasteiger partial charge in [0.05, 0.1) is 23.7 Å². The molecule has 1 amide bonds. The van der Waals surface area contributed by atoms with Gasteiger partial charge in [-0.25, -0.2) is 4.98 Å². The van der Waals surface area contributed by atoms with Crippen molar-refractivity contribution in [2.24, 2.45) is 0 Å². The number of hydrogen-bond donors (Lipinski definition) is 0. The molecule has 0 atom stereocenters. The number of para-hydroxylation sites is 1. The van der Waals surface area contributed by atoms with E-state index in [9.17, 15) is 9.59 Å². The van der Waals surface area contributed by atoms with Crippen LogP contribution in [0.2, 0.25) is 0 Å². The third-order valence-corrected chi connectivity index (χ3v) is 6.70. The predicted molar refractivity (Wildman–Crippen MR) is 130 cm³/mol. The average Bonchev–Trinajstić information content (AvgIpc) is 3.30. The summed E-state index contributed by atoms with van der Waals surface area (Å²) in [5.74, 6) is 0.171. The number of amides is 1. The molecular weight excluding hydrogens is 436 g/mol. The predicted octanol–water partition coefficient (Wildman–Crippen LogP) is 5.57. The maximum Gasteiger partial charge on any atom is 0.267 e. The number of aryl methyl sites for hydroxylation is 1. The van der Waals surface area contributed by atoms with E-state index in [1.54, 1.807) is 31.4 Å². The first kappa shape index (κ1) is 20.9. The summed E-state index contributed by atoms with van der Waals surface area (Å²) in [7, 11) is 1.59. The minimum Gasteiger partial charge on any atom is -0.494 e. The summed E-state index contributed by atoms with van der Waals surface area (Å²) >= 11 is 1.39. The molecule has 0 bridgehead atoms. The number of nitrogens with zero attached hydrogens (tertiary/aromatic N) is 2. The van der Waals surface area contributed by atoms with Gasteiger partial charge in [-0.3, -0.25) is 14.5 Å². The second-order valence-electron chi connectivity index (χ2n) is 7.61. The van der Waals surface area contributed by atoms with Crippen LogP contribution in [0.1, 0.15) is 21.5 Å². The highest BCUT2D eigenvalue weighted by atomic mass is 32.1. The van der Waals surface area contributed by atoms with Crippen molar-refractivity contribution < 1.29 is 13.9 Å². The summed E-state index contributed by atoms with van der Waals surface area (Å²) in [6.07, 6.45) is 1.24. The van der Waals surface area contributed by atoms with Crippen LogP contribution in [0, 0.1) is 6.92 Å². The molecule has 0 saturated heterocycles. The van der Waals surface area contributed by atoms with Gasteiger partial charge in [0.25, 0.3) is 5.91 Å². The number of methoxy groups -OCH3 is 1. The molecule has 0 radical (unpaired) electrons. The van der Waals surface area contributed by atoms with Crippen LogP contribution in [0.15, 0.2) is 82.2 Å². The number of rotatable bonds is 5. The number of carbonyl (C=O) groups excluding carboxylic acids is 1. The highest BCUT2D eigenvalue weighted by Crippen LogP contribution is 2.37. The Balaban J connectivity index is 1.66. The van der Waals surface area contributed by atoms with E-state index >= 15 is 0 Å². The molecule has 7 heteroatoms. The number of thiazole rings is 1. The molecule has 0 saturated carbocycles. The Morgan fingerprint density at radius 2 is 1.82 bits per heavy atom. The first-order valence-corrected chi connectivity index (χ1v) is 11.2. The number of fused-ring (bicyclic) bond motifs is 2. The van der Waals surface area contributed by atoms with Crippen LogP contribution < -0.4 is 15.1 Å². The molecule has 0 aliphatic rings. The number of anilines is 1. The van der Waals surface area contributed by atoms with Crippen LogP contribution >= 0.6 is 11.3 Å². The number of carbonyl (C=O) groups is 1.